The predicted octanol–water partition coefficient (Wildman–Crippen LogP) is 2.03. The van der Waals surface area contributed by atoms with Crippen LogP contribution < -0.4 is 0 Å². The molecule has 0 bridgehead atoms. The number of likely N-dealkylation sites (tertiary alicyclic amines) is 1. The number of hydrogen-bond donors (Lipinski definition) is 0. The van der Waals surface area contributed by atoms with Crippen molar-refractivity contribution < 1.29 is 4.79 Å². The number of imidazole rings is 1. The third kappa shape index (κ3) is 2.54. The summed E-state index contributed by atoms with van der Waals surface area (Å²) in [6.45, 7) is 2.37. The highest BCUT2D eigenvalue weighted by Crippen LogP contribution is 2.21. The molecule has 1 saturated heterocycles. The van der Waals surface area contributed by atoms with E-state index in [1.165, 1.54) is 25.9 Å². The maximum atomic E-state index is 10.8. The molecule has 1 aliphatic rings. The van der Waals surface area contributed by atoms with E-state index in [-0.39, 0.29) is 0 Å². The number of piperidine rings is 1. The Hall–Kier alpha value is -1.68. The Morgan fingerprint density at radius 2 is 2.21 bits per heavy atom. The smallest absolute Gasteiger partial charge is 0.150 e. The van der Waals surface area contributed by atoms with Gasteiger partial charge in [0.25, 0.3) is 0 Å². The molecular weight excluding hydrogens is 238 g/mol. The lowest BCUT2D eigenvalue weighted by molar-refractivity contribution is 0.112. The topological polar surface area (TPSA) is 37.6 Å². The molecule has 4 heteroatoms. The Kier molecular flexibility index (Phi) is 3.34. The fourth-order valence-corrected chi connectivity index (χ4v) is 2.82. The zero-order chi connectivity index (χ0) is 13.2. The summed E-state index contributed by atoms with van der Waals surface area (Å²) in [6.07, 6.45) is 8.22. The van der Waals surface area contributed by atoms with Gasteiger partial charge in [-0.25, -0.2) is 4.98 Å². The van der Waals surface area contributed by atoms with E-state index in [2.05, 4.69) is 21.3 Å². The summed E-state index contributed by atoms with van der Waals surface area (Å²) in [7, 11) is 2.18. The molecule has 0 radical (unpaired) electrons. The first-order chi connectivity index (χ1) is 9.26. The molecule has 0 aromatic carbocycles. The lowest BCUT2D eigenvalue weighted by atomic mass is 9.93. The summed E-state index contributed by atoms with van der Waals surface area (Å²) in [5, 5.41) is 0. The molecule has 100 valence electrons. The van der Waals surface area contributed by atoms with Gasteiger partial charge >= 0.3 is 0 Å². The van der Waals surface area contributed by atoms with Gasteiger partial charge in [-0.15, -0.1) is 0 Å². The van der Waals surface area contributed by atoms with E-state index in [1.807, 2.05) is 24.5 Å². The van der Waals surface area contributed by atoms with Crippen LogP contribution in [0.25, 0.3) is 5.52 Å². The molecule has 3 heterocycles. The van der Waals surface area contributed by atoms with Crippen molar-refractivity contribution in [3.8, 4) is 0 Å². The van der Waals surface area contributed by atoms with Gasteiger partial charge in [0.1, 0.15) is 12.1 Å². The molecular formula is C15H19N3O. The van der Waals surface area contributed by atoms with Crippen molar-refractivity contribution in [2.75, 3.05) is 20.1 Å². The number of fused-ring (bicyclic) bond motifs is 1. The van der Waals surface area contributed by atoms with Crippen LogP contribution in [0.4, 0.5) is 0 Å². The zero-order valence-corrected chi connectivity index (χ0v) is 11.2. The highest BCUT2D eigenvalue weighted by molar-refractivity contribution is 5.77. The summed E-state index contributed by atoms with van der Waals surface area (Å²) in [4.78, 5) is 17.7. The third-order valence-electron chi connectivity index (χ3n) is 4.08. The summed E-state index contributed by atoms with van der Waals surface area (Å²) in [5.74, 6) is 1.84. The number of hydrogen-bond acceptors (Lipinski definition) is 3. The van der Waals surface area contributed by atoms with E-state index < -0.39 is 0 Å². The first kappa shape index (κ1) is 12.4. The molecule has 19 heavy (non-hydrogen) atoms. The molecule has 0 atom stereocenters. The van der Waals surface area contributed by atoms with Crippen molar-refractivity contribution in [1.29, 1.82) is 0 Å². The Morgan fingerprint density at radius 1 is 1.42 bits per heavy atom. The second kappa shape index (κ2) is 5.13. The molecule has 0 aliphatic carbocycles. The van der Waals surface area contributed by atoms with Crippen LogP contribution in [-0.4, -0.2) is 40.7 Å². The van der Waals surface area contributed by atoms with Crippen LogP contribution in [0, 0.1) is 5.92 Å². The van der Waals surface area contributed by atoms with Gasteiger partial charge in [0, 0.05) is 18.2 Å². The van der Waals surface area contributed by atoms with Gasteiger partial charge in [0.05, 0.1) is 11.7 Å². The molecule has 1 fully saturated rings. The van der Waals surface area contributed by atoms with Crippen LogP contribution in [0.2, 0.25) is 0 Å². The molecule has 3 rings (SSSR count). The van der Waals surface area contributed by atoms with Crippen molar-refractivity contribution in [1.82, 2.24) is 14.3 Å². The van der Waals surface area contributed by atoms with Gasteiger partial charge in [0.2, 0.25) is 0 Å². The Balaban J connectivity index is 1.79. The zero-order valence-electron chi connectivity index (χ0n) is 11.2. The number of aldehydes is 1. The summed E-state index contributed by atoms with van der Waals surface area (Å²) in [6, 6.07) is 3.73. The van der Waals surface area contributed by atoms with E-state index in [0.717, 1.165) is 30.0 Å². The largest absolute Gasteiger partial charge is 0.306 e. The lowest BCUT2D eigenvalue weighted by Gasteiger charge is -2.28. The fourth-order valence-electron chi connectivity index (χ4n) is 2.82. The molecule has 0 saturated carbocycles. The van der Waals surface area contributed by atoms with Crippen LogP contribution in [0.3, 0.4) is 0 Å². The Bertz CT molecular complexity index is 582. The van der Waals surface area contributed by atoms with Gasteiger partial charge in [0.15, 0.2) is 0 Å². The summed E-state index contributed by atoms with van der Waals surface area (Å²) >= 11 is 0. The van der Waals surface area contributed by atoms with Gasteiger partial charge in [-0.1, -0.05) is 0 Å². The second-order valence-electron chi connectivity index (χ2n) is 5.50. The molecule has 2 aromatic heterocycles. The lowest BCUT2D eigenvalue weighted by Crippen LogP contribution is -2.31. The van der Waals surface area contributed by atoms with E-state index in [0.29, 0.717) is 5.56 Å². The number of carbonyl (C=O) groups is 1. The highest BCUT2D eigenvalue weighted by Gasteiger charge is 2.18. The average molecular weight is 257 g/mol. The van der Waals surface area contributed by atoms with E-state index in [4.69, 9.17) is 0 Å². The minimum absolute atomic E-state index is 0.707. The van der Waals surface area contributed by atoms with Gasteiger partial charge in [-0.2, -0.15) is 0 Å². The van der Waals surface area contributed by atoms with Crippen LogP contribution >= 0.6 is 0 Å². The minimum Gasteiger partial charge on any atom is -0.306 e. The van der Waals surface area contributed by atoms with Crippen molar-refractivity contribution in [3.05, 3.63) is 35.9 Å². The molecule has 1 aliphatic heterocycles. The van der Waals surface area contributed by atoms with Gasteiger partial charge in [-0.3, -0.25) is 4.79 Å². The summed E-state index contributed by atoms with van der Waals surface area (Å²) < 4.78 is 2.10. The minimum atomic E-state index is 0.707. The predicted molar refractivity (Wildman–Crippen MR) is 74.5 cm³/mol. The van der Waals surface area contributed by atoms with Crippen molar-refractivity contribution in [2.45, 2.75) is 19.3 Å². The van der Waals surface area contributed by atoms with E-state index >= 15 is 0 Å². The van der Waals surface area contributed by atoms with Gasteiger partial charge in [-0.05, 0) is 51.0 Å². The highest BCUT2D eigenvalue weighted by atomic mass is 16.1. The number of pyridine rings is 1. The summed E-state index contributed by atoms with van der Waals surface area (Å²) in [5.41, 5.74) is 1.71. The standard InChI is InChI=1S/C15H19N3O/c1-17-5-2-12(3-6-17)9-15-16-10-14-8-13(11-19)4-7-18(14)15/h4,7-8,10-12H,2-3,5-6,9H2,1H3. The number of nitrogens with zero attached hydrogens (tertiary/aromatic N) is 3. The van der Waals surface area contributed by atoms with E-state index in [1.54, 1.807) is 0 Å². The molecule has 0 unspecified atom stereocenters. The monoisotopic (exact) mass is 257 g/mol. The molecule has 0 amide bonds. The Morgan fingerprint density at radius 3 is 2.95 bits per heavy atom. The number of aromatic nitrogens is 2. The van der Waals surface area contributed by atoms with Crippen molar-refractivity contribution in [3.63, 3.8) is 0 Å². The van der Waals surface area contributed by atoms with Crippen molar-refractivity contribution >= 4 is 11.8 Å². The first-order valence-corrected chi connectivity index (χ1v) is 6.86. The van der Waals surface area contributed by atoms with Crippen LogP contribution in [0.1, 0.15) is 29.0 Å². The van der Waals surface area contributed by atoms with Gasteiger partial charge < -0.3 is 9.30 Å². The number of rotatable bonds is 3. The van der Waals surface area contributed by atoms with Crippen LogP contribution in [0.5, 0.6) is 0 Å². The maximum absolute atomic E-state index is 10.8. The van der Waals surface area contributed by atoms with Crippen LogP contribution in [-0.2, 0) is 6.42 Å². The Labute approximate surface area is 113 Å². The fraction of sp³-hybridized carbons (Fsp3) is 0.467. The molecule has 0 spiro atoms. The van der Waals surface area contributed by atoms with Crippen LogP contribution in [0.15, 0.2) is 24.5 Å². The second-order valence-corrected chi connectivity index (χ2v) is 5.50. The maximum Gasteiger partial charge on any atom is 0.150 e. The van der Waals surface area contributed by atoms with Crippen molar-refractivity contribution in [2.24, 2.45) is 5.92 Å². The average Bonchev–Trinajstić information content (AvgIpc) is 2.83. The third-order valence-corrected chi connectivity index (χ3v) is 4.08. The quantitative estimate of drug-likeness (QED) is 0.790. The molecule has 2 aromatic rings. The molecule has 4 nitrogen and oxygen atoms in total. The normalized spacial score (nSPS) is 17.9. The van der Waals surface area contributed by atoms with E-state index in [9.17, 15) is 4.79 Å². The molecule has 0 N–H and O–H groups in total. The first-order valence-electron chi connectivity index (χ1n) is 6.86. The number of carbonyl (C=O) groups excluding carboxylic acids is 1. The SMILES string of the molecule is CN1CCC(Cc2ncc3cc(C=O)ccn23)CC1.